The van der Waals surface area contributed by atoms with Crippen LogP contribution < -0.4 is 11.5 Å². The van der Waals surface area contributed by atoms with Gasteiger partial charge in [0.1, 0.15) is 0 Å². The molecule has 0 radical (unpaired) electrons. The van der Waals surface area contributed by atoms with Gasteiger partial charge in [0.15, 0.2) is 0 Å². The van der Waals surface area contributed by atoms with Crippen molar-refractivity contribution in [3.8, 4) is 0 Å². The molecule has 2 nitrogen and oxygen atoms in total. The largest absolute Gasteiger partial charge is 0.330 e. The summed E-state index contributed by atoms with van der Waals surface area (Å²) in [5.74, 6) is 0. The highest BCUT2D eigenvalue weighted by molar-refractivity contribution is 4.81. The fraction of sp³-hybridized carbons (Fsp3) is 0.818. The lowest BCUT2D eigenvalue weighted by molar-refractivity contribution is 0.693. The maximum atomic E-state index is 5.39. The average Bonchev–Trinajstić information content (AvgIpc) is 2.16. The second kappa shape index (κ2) is 11.7. The summed E-state index contributed by atoms with van der Waals surface area (Å²) in [5.41, 5.74) is 10.8. The van der Waals surface area contributed by atoms with Crippen LogP contribution in [-0.2, 0) is 0 Å². The summed E-state index contributed by atoms with van der Waals surface area (Å²) in [5, 5.41) is 0. The lowest BCUT2D eigenvalue weighted by Gasteiger charge is -1.94. The molecule has 0 saturated heterocycles. The van der Waals surface area contributed by atoms with Crippen LogP contribution in [0.4, 0.5) is 0 Å². The zero-order chi connectivity index (χ0) is 9.78. The van der Waals surface area contributed by atoms with Crippen molar-refractivity contribution in [2.45, 2.75) is 44.9 Å². The Morgan fingerprint density at radius 2 is 1.08 bits per heavy atom. The summed E-state index contributed by atoms with van der Waals surface area (Å²) in [7, 11) is 0. The lowest BCUT2D eigenvalue weighted by Crippen LogP contribution is -1.97. The number of hydrogen-bond donors (Lipinski definition) is 2. The normalized spacial score (nSPS) is 11.2. The van der Waals surface area contributed by atoms with Crippen molar-refractivity contribution in [2.24, 2.45) is 11.5 Å². The number of hydrogen-bond acceptors (Lipinski definition) is 2. The predicted octanol–water partition coefficient (Wildman–Crippen LogP) is 2.19. The van der Waals surface area contributed by atoms with Crippen molar-refractivity contribution in [3.05, 3.63) is 12.2 Å². The fourth-order valence-corrected chi connectivity index (χ4v) is 1.23. The number of allylic oxidation sites excluding steroid dienone is 2. The summed E-state index contributed by atoms with van der Waals surface area (Å²) in [6, 6.07) is 0. The Labute approximate surface area is 82.4 Å². The van der Waals surface area contributed by atoms with Gasteiger partial charge >= 0.3 is 0 Å². The van der Waals surface area contributed by atoms with E-state index in [-0.39, 0.29) is 0 Å². The molecule has 0 rings (SSSR count). The van der Waals surface area contributed by atoms with Gasteiger partial charge in [0.05, 0.1) is 0 Å². The first-order valence-electron chi connectivity index (χ1n) is 5.47. The van der Waals surface area contributed by atoms with E-state index in [1.165, 1.54) is 38.5 Å². The first-order valence-corrected chi connectivity index (χ1v) is 5.47. The molecule has 0 aliphatic carbocycles. The topological polar surface area (TPSA) is 52.0 Å². The van der Waals surface area contributed by atoms with Crippen LogP contribution in [0, 0.1) is 0 Å². The molecule has 0 aromatic carbocycles. The van der Waals surface area contributed by atoms with Gasteiger partial charge in [-0.3, -0.25) is 0 Å². The molecule has 4 N–H and O–H groups in total. The van der Waals surface area contributed by atoms with Gasteiger partial charge in [-0.05, 0) is 51.6 Å². The van der Waals surface area contributed by atoms with Crippen LogP contribution in [0.3, 0.4) is 0 Å². The predicted molar refractivity (Wildman–Crippen MR) is 59.6 cm³/mol. The van der Waals surface area contributed by atoms with Gasteiger partial charge in [-0.15, -0.1) is 0 Å². The van der Waals surface area contributed by atoms with Crippen molar-refractivity contribution in [1.82, 2.24) is 0 Å². The molecule has 0 aromatic rings. The third kappa shape index (κ3) is 11.7. The molecule has 0 amide bonds. The lowest BCUT2D eigenvalue weighted by atomic mass is 10.1. The van der Waals surface area contributed by atoms with Crippen LogP contribution >= 0.6 is 0 Å². The molecular formula is C11H24N2. The molecule has 0 aliphatic rings. The van der Waals surface area contributed by atoms with Crippen molar-refractivity contribution in [1.29, 1.82) is 0 Å². The third-order valence-corrected chi connectivity index (χ3v) is 2.07. The Hall–Kier alpha value is -0.340. The van der Waals surface area contributed by atoms with Gasteiger partial charge < -0.3 is 11.5 Å². The van der Waals surface area contributed by atoms with E-state index in [0.29, 0.717) is 0 Å². The second-order valence-corrected chi connectivity index (χ2v) is 3.39. The molecule has 0 saturated carbocycles. The average molecular weight is 184 g/mol. The smallest absolute Gasteiger partial charge is 0.00772 e. The van der Waals surface area contributed by atoms with E-state index in [2.05, 4.69) is 12.2 Å². The molecule has 0 aromatic heterocycles. The minimum absolute atomic E-state index is 0.824. The summed E-state index contributed by atoms with van der Waals surface area (Å²) >= 11 is 0. The maximum absolute atomic E-state index is 5.39. The Morgan fingerprint density at radius 3 is 1.62 bits per heavy atom. The van der Waals surface area contributed by atoms with E-state index in [0.717, 1.165) is 19.5 Å². The molecule has 0 unspecified atom stereocenters. The molecule has 13 heavy (non-hydrogen) atoms. The molecule has 2 heteroatoms. The molecule has 0 heterocycles. The van der Waals surface area contributed by atoms with E-state index in [1.807, 2.05) is 0 Å². The van der Waals surface area contributed by atoms with E-state index in [4.69, 9.17) is 11.5 Å². The molecule has 0 fully saturated rings. The SMILES string of the molecule is NCCCCC=CCCCCCN. The summed E-state index contributed by atoms with van der Waals surface area (Å²) in [6.07, 6.45) is 13.1. The fourth-order valence-electron chi connectivity index (χ4n) is 1.23. The monoisotopic (exact) mass is 184 g/mol. The summed E-state index contributed by atoms with van der Waals surface area (Å²) in [4.78, 5) is 0. The first-order chi connectivity index (χ1) is 6.41. The zero-order valence-electron chi connectivity index (χ0n) is 8.67. The molecule has 78 valence electrons. The van der Waals surface area contributed by atoms with Crippen molar-refractivity contribution >= 4 is 0 Å². The highest BCUT2D eigenvalue weighted by Crippen LogP contribution is 2.01. The number of nitrogens with two attached hydrogens (primary N) is 2. The Balaban J connectivity index is 2.95. The van der Waals surface area contributed by atoms with Gasteiger partial charge in [-0.1, -0.05) is 18.6 Å². The third-order valence-electron chi connectivity index (χ3n) is 2.07. The Kier molecular flexibility index (Phi) is 11.4. The van der Waals surface area contributed by atoms with Gasteiger partial charge in [-0.2, -0.15) is 0 Å². The second-order valence-electron chi connectivity index (χ2n) is 3.39. The van der Waals surface area contributed by atoms with E-state index in [9.17, 15) is 0 Å². The van der Waals surface area contributed by atoms with Crippen LogP contribution in [-0.4, -0.2) is 13.1 Å². The van der Waals surface area contributed by atoms with Crippen LogP contribution in [0.2, 0.25) is 0 Å². The standard InChI is InChI=1S/C11H24N2/c12-10-8-6-4-2-1-3-5-7-9-11-13/h1-2H,3-13H2. The Morgan fingerprint density at radius 1 is 0.615 bits per heavy atom. The van der Waals surface area contributed by atoms with Crippen LogP contribution in [0.25, 0.3) is 0 Å². The van der Waals surface area contributed by atoms with Crippen LogP contribution in [0.1, 0.15) is 44.9 Å². The highest BCUT2D eigenvalue weighted by Gasteiger charge is 1.84. The van der Waals surface area contributed by atoms with E-state index >= 15 is 0 Å². The van der Waals surface area contributed by atoms with Crippen molar-refractivity contribution in [3.63, 3.8) is 0 Å². The van der Waals surface area contributed by atoms with Crippen molar-refractivity contribution < 1.29 is 0 Å². The summed E-state index contributed by atoms with van der Waals surface area (Å²) < 4.78 is 0. The minimum atomic E-state index is 0.824. The van der Waals surface area contributed by atoms with Crippen LogP contribution in [0.5, 0.6) is 0 Å². The summed E-state index contributed by atoms with van der Waals surface area (Å²) in [6.45, 7) is 1.66. The quantitative estimate of drug-likeness (QED) is 0.426. The molecule has 0 bridgehead atoms. The van der Waals surface area contributed by atoms with Gasteiger partial charge in [-0.25, -0.2) is 0 Å². The van der Waals surface area contributed by atoms with E-state index in [1.54, 1.807) is 0 Å². The van der Waals surface area contributed by atoms with Gasteiger partial charge in [0, 0.05) is 0 Å². The molecular weight excluding hydrogens is 160 g/mol. The van der Waals surface area contributed by atoms with Crippen molar-refractivity contribution in [2.75, 3.05) is 13.1 Å². The van der Waals surface area contributed by atoms with Gasteiger partial charge in [0.2, 0.25) is 0 Å². The highest BCUT2D eigenvalue weighted by atomic mass is 14.5. The van der Waals surface area contributed by atoms with Gasteiger partial charge in [0.25, 0.3) is 0 Å². The molecule has 0 atom stereocenters. The van der Waals surface area contributed by atoms with Crippen LogP contribution in [0.15, 0.2) is 12.2 Å². The molecule has 0 aliphatic heterocycles. The first kappa shape index (κ1) is 12.7. The Bertz CT molecular complexity index is 111. The number of rotatable bonds is 9. The minimum Gasteiger partial charge on any atom is -0.330 e. The zero-order valence-corrected chi connectivity index (χ0v) is 8.67. The molecule has 0 spiro atoms. The number of unbranched alkanes of at least 4 members (excludes halogenated alkanes) is 5. The van der Waals surface area contributed by atoms with E-state index < -0.39 is 0 Å². The maximum Gasteiger partial charge on any atom is -0.00772 e.